The molecule has 4 atom stereocenters. The molecule has 57 heavy (non-hydrogen) atoms. The Morgan fingerprint density at radius 3 is 1.05 bits per heavy atom. The zero-order chi connectivity index (χ0) is 41.7. The van der Waals surface area contributed by atoms with E-state index in [-0.39, 0.29) is 0 Å². The summed E-state index contributed by atoms with van der Waals surface area (Å²) >= 11 is 0. The topological polar surface area (TPSA) is 110 Å². The number of aliphatic hydroxyl groups is 4. The van der Waals surface area contributed by atoms with Crippen molar-refractivity contribution in [1.29, 1.82) is 0 Å². The molecule has 0 radical (unpaired) electrons. The third kappa shape index (κ3) is 40.0. The number of amides is 1. The van der Waals surface area contributed by atoms with Crippen molar-refractivity contribution in [2.75, 3.05) is 6.61 Å². The van der Waals surface area contributed by atoms with E-state index < -0.39 is 36.9 Å². The molecule has 0 aromatic heterocycles. The molecule has 6 heteroatoms. The van der Waals surface area contributed by atoms with Crippen LogP contribution in [-0.4, -0.2) is 57.3 Å². The molecule has 1 amide bonds. The van der Waals surface area contributed by atoms with E-state index in [4.69, 9.17) is 0 Å². The fraction of sp³-hybridized carbons (Fsp3) is 0.902. The molecule has 5 N–H and O–H groups in total. The lowest BCUT2D eigenvalue weighted by molar-refractivity contribution is -0.132. The van der Waals surface area contributed by atoms with Gasteiger partial charge in [-0.2, -0.15) is 0 Å². The zero-order valence-electron chi connectivity index (χ0n) is 38.1. The van der Waals surface area contributed by atoms with Gasteiger partial charge in [-0.25, -0.2) is 0 Å². The summed E-state index contributed by atoms with van der Waals surface area (Å²) in [5, 5.41) is 43.8. The Hall–Kier alpha value is -1.21. The largest absolute Gasteiger partial charge is 0.394 e. The highest BCUT2D eigenvalue weighted by Gasteiger charge is 2.28. The fourth-order valence-electron chi connectivity index (χ4n) is 7.87. The minimum atomic E-state index is -1.28. The molecule has 0 bridgehead atoms. The number of allylic oxidation sites excluding steroid dienone is 4. The Labute approximate surface area is 354 Å². The predicted octanol–water partition coefficient (Wildman–Crippen LogP) is 13.9. The molecule has 0 aliphatic rings. The Bertz CT molecular complexity index is 863. The third-order valence-corrected chi connectivity index (χ3v) is 11.9. The first-order valence-electron chi connectivity index (χ1n) is 25.2. The highest BCUT2D eigenvalue weighted by Crippen LogP contribution is 2.16. The van der Waals surface area contributed by atoms with Gasteiger partial charge in [0, 0.05) is 0 Å². The second-order valence-electron chi connectivity index (χ2n) is 17.5. The molecule has 0 heterocycles. The van der Waals surface area contributed by atoms with E-state index in [9.17, 15) is 25.2 Å². The van der Waals surface area contributed by atoms with Crippen molar-refractivity contribution in [3.05, 3.63) is 24.3 Å². The number of aliphatic hydroxyl groups excluding tert-OH is 4. The van der Waals surface area contributed by atoms with E-state index in [1.54, 1.807) is 0 Å². The maximum atomic E-state index is 12.5. The Kier molecular flexibility index (Phi) is 44.9. The average molecular weight is 806 g/mol. The van der Waals surface area contributed by atoms with Gasteiger partial charge in [-0.15, -0.1) is 0 Å². The molecule has 0 aromatic carbocycles. The molecular weight excluding hydrogens is 707 g/mol. The lowest BCUT2D eigenvalue weighted by Crippen LogP contribution is -2.53. The van der Waals surface area contributed by atoms with Crippen molar-refractivity contribution in [3.63, 3.8) is 0 Å². The Morgan fingerprint density at radius 1 is 0.421 bits per heavy atom. The first-order chi connectivity index (χ1) is 28.0. The lowest BCUT2D eigenvalue weighted by atomic mass is 10.00. The monoisotopic (exact) mass is 806 g/mol. The molecule has 6 nitrogen and oxygen atoms in total. The van der Waals surface area contributed by atoms with Crippen LogP contribution >= 0.6 is 0 Å². The number of hydrogen-bond donors (Lipinski definition) is 5. The normalized spacial score (nSPS) is 14.1. The molecule has 0 aliphatic heterocycles. The number of hydrogen-bond acceptors (Lipinski definition) is 5. The summed E-state index contributed by atoms with van der Waals surface area (Å²) in [6, 6.07) is -1.00. The first-order valence-corrected chi connectivity index (χ1v) is 25.2. The highest BCUT2D eigenvalue weighted by molar-refractivity contribution is 5.80. The smallest absolute Gasteiger partial charge is 0.249 e. The molecule has 4 unspecified atom stereocenters. The van der Waals surface area contributed by atoms with Crippen molar-refractivity contribution in [1.82, 2.24) is 5.32 Å². The van der Waals surface area contributed by atoms with E-state index >= 15 is 0 Å². The van der Waals surface area contributed by atoms with E-state index in [0.717, 1.165) is 44.9 Å². The van der Waals surface area contributed by atoms with Crippen LogP contribution in [0.3, 0.4) is 0 Å². The summed E-state index contributed by atoms with van der Waals surface area (Å²) in [5.41, 5.74) is 0. The number of carbonyl (C=O) groups is 1. The molecule has 0 saturated carbocycles. The minimum Gasteiger partial charge on any atom is -0.394 e. The van der Waals surface area contributed by atoms with Crippen LogP contribution in [0, 0.1) is 0 Å². The van der Waals surface area contributed by atoms with Crippen LogP contribution in [0.5, 0.6) is 0 Å². The summed E-state index contributed by atoms with van der Waals surface area (Å²) in [6.45, 7) is 4.06. The van der Waals surface area contributed by atoms with Gasteiger partial charge in [0.05, 0.1) is 18.8 Å². The van der Waals surface area contributed by atoms with Crippen LogP contribution in [0.25, 0.3) is 0 Å². The maximum absolute atomic E-state index is 12.5. The highest BCUT2D eigenvalue weighted by atomic mass is 16.3. The van der Waals surface area contributed by atoms with Gasteiger partial charge < -0.3 is 25.7 Å². The predicted molar refractivity (Wildman–Crippen MR) is 247 cm³/mol. The van der Waals surface area contributed by atoms with Gasteiger partial charge in [0.1, 0.15) is 12.2 Å². The Balaban J connectivity index is 3.72. The molecule has 0 aliphatic carbocycles. The average Bonchev–Trinajstić information content (AvgIpc) is 3.22. The van der Waals surface area contributed by atoms with Gasteiger partial charge in [-0.05, 0) is 64.2 Å². The second kappa shape index (κ2) is 45.9. The van der Waals surface area contributed by atoms with Crippen molar-refractivity contribution in [2.24, 2.45) is 0 Å². The van der Waals surface area contributed by atoms with Crippen molar-refractivity contribution >= 4 is 5.91 Å². The van der Waals surface area contributed by atoms with Gasteiger partial charge in [-0.3, -0.25) is 4.79 Å². The van der Waals surface area contributed by atoms with E-state index in [2.05, 4.69) is 43.5 Å². The molecule has 0 rings (SSSR count). The molecule has 0 aromatic rings. The van der Waals surface area contributed by atoms with E-state index in [0.29, 0.717) is 12.8 Å². The van der Waals surface area contributed by atoms with Crippen molar-refractivity contribution in [3.8, 4) is 0 Å². The summed E-state index contributed by atoms with van der Waals surface area (Å²) in [6.07, 6.45) is 53.7. The van der Waals surface area contributed by atoms with Crippen LogP contribution in [0.2, 0.25) is 0 Å². The molecule has 338 valence electrons. The van der Waals surface area contributed by atoms with Crippen LogP contribution in [0.15, 0.2) is 24.3 Å². The van der Waals surface area contributed by atoms with Crippen molar-refractivity contribution in [2.45, 2.75) is 289 Å². The minimum absolute atomic E-state index is 0.357. The summed E-state index contributed by atoms with van der Waals surface area (Å²) in [7, 11) is 0. The fourth-order valence-corrected chi connectivity index (χ4v) is 7.87. The summed E-state index contributed by atoms with van der Waals surface area (Å²) in [4.78, 5) is 12.5. The van der Waals surface area contributed by atoms with Crippen LogP contribution in [-0.2, 0) is 4.79 Å². The van der Waals surface area contributed by atoms with Gasteiger partial charge in [0.15, 0.2) is 0 Å². The summed E-state index contributed by atoms with van der Waals surface area (Å²) in [5.74, 6) is -0.595. The lowest BCUT2D eigenvalue weighted by Gasteiger charge is -2.27. The molecular formula is C51H99NO5. The Morgan fingerprint density at radius 2 is 0.719 bits per heavy atom. The van der Waals surface area contributed by atoms with Gasteiger partial charge >= 0.3 is 0 Å². The standard InChI is InChI=1S/C51H99NO5/c1-3-5-7-9-11-13-15-17-19-21-23-25-27-28-30-32-34-36-38-40-42-44-48(54)50(56)47(46-53)52-51(57)49(55)45-43-41-39-37-35-33-31-29-26-24-22-20-18-16-14-12-10-8-6-4-2/h26,29,36,38,47-50,53-56H,3-25,27-28,30-35,37,39-46H2,1-2H3,(H,52,57)/b29-26-,38-36+. The zero-order valence-corrected chi connectivity index (χ0v) is 38.1. The SMILES string of the molecule is CCCCCCCCCCCC/C=C\CCCCCCCCC(O)C(=O)NC(CO)C(O)C(O)CCC/C=C/CCCCCCCCCCCCCCCCCC. The quantitative estimate of drug-likeness (QED) is 0.0311. The van der Waals surface area contributed by atoms with Crippen LogP contribution in [0.4, 0.5) is 0 Å². The van der Waals surface area contributed by atoms with Gasteiger partial charge in [-0.1, -0.05) is 224 Å². The number of carbonyl (C=O) groups excluding carboxylic acids is 1. The first kappa shape index (κ1) is 55.8. The van der Waals surface area contributed by atoms with Gasteiger partial charge in [0.2, 0.25) is 5.91 Å². The summed E-state index contributed by atoms with van der Waals surface area (Å²) < 4.78 is 0. The number of unbranched alkanes of at least 4 members (excludes halogenated alkanes) is 33. The molecule has 0 saturated heterocycles. The third-order valence-electron chi connectivity index (χ3n) is 11.9. The number of rotatable bonds is 46. The molecule has 0 spiro atoms. The van der Waals surface area contributed by atoms with Crippen LogP contribution < -0.4 is 5.32 Å². The van der Waals surface area contributed by atoms with E-state index in [1.165, 1.54) is 193 Å². The molecule has 0 fully saturated rings. The second-order valence-corrected chi connectivity index (χ2v) is 17.5. The maximum Gasteiger partial charge on any atom is 0.249 e. The van der Waals surface area contributed by atoms with Crippen LogP contribution in [0.1, 0.15) is 264 Å². The van der Waals surface area contributed by atoms with E-state index in [1.807, 2.05) is 0 Å². The van der Waals surface area contributed by atoms with Crippen molar-refractivity contribution < 1.29 is 25.2 Å². The van der Waals surface area contributed by atoms with Gasteiger partial charge in [0.25, 0.3) is 0 Å². The number of nitrogens with one attached hydrogen (secondary N) is 1.